The van der Waals surface area contributed by atoms with Gasteiger partial charge in [-0.05, 0) is 57.7 Å². The molecule has 2 aliphatic rings. The van der Waals surface area contributed by atoms with E-state index in [4.69, 9.17) is 15.9 Å². The lowest BCUT2D eigenvalue weighted by Gasteiger charge is -2.34. The lowest BCUT2D eigenvalue weighted by Crippen LogP contribution is -2.51. The third-order valence-corrected chi connectivity index (χ3v) is 4.40. The lowest BCUT2D eigenvalue weighted by atomic mass is 9.96. The summed E-state index contributed by atoms with van der Waals surface area (Å²) in [4.78, 5) is 0. The maximum absolute atomic E-state index is 7.97. The number of rotatable bonds is 7. The van der Waals surface area contributed by atoms with Crippen LogP contribution < -0.4 is 16.4 Å². The largest absolute Gasteiger partial charge is 0.382 e. The summed E-state index contributed by atoms with van der Waals surface area (Å²) >= 11 is 0. The van der Waals surface area contributed by atoms with Gasteiger partial charge in [0.1, 0.15) is 0 Å². The van der Waals surface area contributed by atoms with Gasteiger partial charge < -0.3 is 26.5 Å². The number of hydrogen-bond acceptors (Lipinski definition) is 5. The van der Waals surface area contributed by atoms with Crippen LogP contribution in [0.3, 0.4) is 0 Å². The molecule has 2 saturated heterocycles. The summed E-state index contributed by atoms with van der Waals surface area (Å²) < 4.78 is 6.03. The van der Waals surface area contributed by atoms with Gasteiger partial charge in [-0.15, -0.1) is 6.58 Å². The second-order valence-corrected chi connectivity index (χ2v) is 6.26. The molecule has 0 aromatic rings. The zero-order valence-corrected chi connectivity index (χ0v) is 13.4. The Morgan fingerprint density at radius 3 is 2.86 bits per heavy atom. The highest BCUT2D eigenvalue weighted by atomic mass is 16.5. The molecule has 0 aliphatic carbocycles. The predicted octanol–water partition coefficient (Wildman–Crippen LogP) is 1.70. The maximum Gasteiger partial charge on any atom is 0.0686 e. The average Bonchev–Trinajstić information content (AvgIpc) is 2.54. The summed E-state index contributed by atoms with van der Waals surface area (Å²) in [5.41, 5.74) is 7.99. The van der Waals surface area contributed by atoms with Crippen molar-refractivity contribution in [1.29, 1.82) is 5.41 Å². The molecule has 2 rings (SSSR count). The number of nitrogens with one attached hydrogen (secondary N) is 3. The number of hydrogen-bond donors (Lipinski definition) is 4. The Balaban J connectivity index is 1.80. The second-order valence-electron chi connectivity index (χ2n) is 6.26. The summed E-state index contributed by atoms with van der Waals surface area (Å²) in [6, 6.07) is 0.281. The van der Waals surface area contributed by atoms with Gasteiger partial charge in [-0.2, -0.15) is 0 Å². The van der Waals surface area contributed by atoms with Crippen LogP contribution in [0.5, 0.6) is 0 Å². The highest BCUT2D eigenvalue weighted by Gasteiger charge is 2.25. The van der Waals surface area contributed by atoms with E-state index >= 15 is 0 Å². The van der Waals surface area contributed by atoms with Crippen molar-refractivity contribution in [3.63, 3.8) is 0 Å². The van der Waals surface area contributed by atoms with Crippen molar-refractivity contribution in [1.82, 2.24) is 10.6 Å². The highest BCUT2D eigenvalue weighted by Crippen LogP contribution is 2.17. The van der Waals surface area contributed by atoms with Crippen molar-refractivity contribution in [2.24, 2.45) is 5.73 Å². The Hall–Kier alpha value is -1.17. The fourth-order valence-electron chi connectivity index (χ4n) is 2.96. The molecular weight excluding hydrogens is 276 g/mol. The normalized spacial score (nSPS) is 28.3. The van der Waals surface area contributed by atoms with Crippen LogP contribution >= 0.6 is 0 Å². The molecule has 5 N–H and O–H groups in total. The third-order valence-electron chi connectivity index (χ3n) is 4.40. The zero-order chi connectivity index (χ0) is 15.8. The van der Waals surface area contributed by atoms with E-state index in [1.807, 2.05) is 12.2 Å². The van der Waals surface area contributed by atoms with Gasteiger partial charge in [-0.25, -0.2) is 0 Å². The fraction of sp³-hybridized carbons (Fsp3) is 0.706. The molecule has 22 heavy (non-hydrogen) atoms. The van der Waals surface area contributed by atoms with Crippen LogP contribution in [0.15, 0.2) is 24.4 Å². The van der Waals surface area contributed by atoms with Crippen LogP contribution in [0.2, 0.25) is 0 Å². The third kappa shape index (κ3) is 5.55. The molecule has 2 heterocycles. The Morgan fingerprint density at radius 1 is 1.36 bits per heavy atom. The van der Waals surface area contributed by atoms with Crippen molar-refractivity contribution < 1.29 is 4.74 Å². The van der Waals surface area contributed by atoms with E-state index in [2.05, 4.69) is 17.2 Å². The van der Waals surface area contributed by atoms with Gasteiger partial charge in [-0.1, -0.05) is 6.08 Å². The van der Waals surface area contributed by atoms with E-state index in [0.717, 1.165) is 57.3 Å². The number of nitrogens with two attached hydrogens (primary N) is 1. The van der Waals surface area contributed by atoms with Crippen LogP contribution in [-0.2, 0) is 4.74 Å². The predicted molar refractivity (Wildman–Crippen MR) is 91.2 cm³/mol. The van der Waals surface area contributed by atoms with Gasteiger partial charge >= 0.3 is 0 Å². The van der Waals surface area contributed by atoms with Crippen molar-refractivity contribution in [3.8, 4) is 0 Å². The monoisotopic (exact) mass is 306 g/mol. The smallest absolute Gasteiger partial charge is 0.0686 e. The summed E-state index contributed by atoms with van der Waals surface area (Å²) in [5.74, 6) is 0. The Morgan fingerprint density at radius 2 is 2.14 bits per heavy atom. The van der Waals surface area contributed by atoms with Crippen molar-refractivity contribution in [2.75, 3.05) is 19.7 Å². The maximum atomic E-state index is 7.97. The van der Waals surface area contributed by atoms with Crippen LogP contribution in [0.4, 0.5) is 0 Å². The molecule has 124 valence electrons. The molecule has 0 aromatic heterocycles. The Bertz CT molecular complexity index is 401. The minimum absolute atomic E-state index is 0.126. The molecule has 0 bridgehead atoms. The number of ether oxygens (including phenoxy) is 1. The number of piperidine rings is 2. The van der Waals surface area contributed by atoms with E-state index in [0.29, 0.717) is 18.4 Å². The van der Waals surface area contributed by atoms with Crippen molar-refractivity contribution in [2.45, 2.75) is 56.7 Å². The first-order valence-corrected chi connectivity index (χ1v) is 8.42. The van der Waals surface area contributed by atoms with Gasteiger partial charge in [0.15, 0.2) is 0 Å². The van der Waals surface area contributed by atoms with Crippen LogP contribution in [-0.4, -0.2) is 43.6 Å². The fourth-order valence-corrected chi connectivity index (χ4v) is 2.96. The average molecular weight is 306 g/mol. The van der Waals surface area contributed by atoms with E-state index in [1.54, 1.807) is 0 Å². The van der Waals surface area contributed by atoms with Crippen LogP contribution in [0.25, 0.3) is 0 Å². The topological polar surface area (TPSA) is 83.2 Å². The van der Waals surface area contributed by atoms with E-state index in [9.17, 15) is 0 Å². The van der Waals surface area contributed by atoms with Gasteiger partial charge in [0.2, 0.25) is 0 Å². The molecule has 0 aromatic carbocycles. The summed E-state index contributed by atoms with van der Waals surface area (Å²) in [5, 5.41) is 14.8. The molecule has 2 aliphatic heterocycles. The standard InChI is InChI=1S/C17H30N4O/c1-2-3-4-13(18)11-14-5-6-16(19)17(21-14)12-22-15-7-9-20-10-8-15/h2,11,15-18,20-21H,1,3-10,12,19H2/b14-11-,18-13?. The molecular formula is C17H30N4O. The zero-order valence-electron chi connectivity index (χ0n) is 13.4. The van der Waals surface area contributed by atoms with Crippen molar-refractivity contribution in [3.05, 3.63) is 24.4 Å². The molecule has 2 unspecified atom stereocenters. The SMILES string of the molecule is C=CCCC(=N)/C=C1/CCC(N)C(COC2CCNCC2)N1. The highest BCUT2D eigenvalue weighted by molar-refractivity contribution is 5.92. The first-order chi connectivity index (χ1) is 10.7. The minimum Gasteiger partial charge on any atom is -0.382 e. The van der Waals surface area contributed by atoms with E-state index < -0.39 is 0 Å². The molecule has 2 fully saturated rings. The summed E-state index contributed by atoms with van der Waals surface area (Å²) in [6.45, 7) is 6.44. The molecule has 2 atom stereocenters. The second kappa shape index (κ2) is 9.08. The Labute approximate surface area is 133 Å². The minimum atomic E-state index is 0.126. The van der Waals surface area contributed by atoms with Gasteiger partial charge in [-0.3, -0.25) is 0 Å². The van der Waals surface area contributed by atoms with Crippen LogP contribution in [0, 0.1) is 5.41 Å². The quantitative estimate of drug-likeness (QED) is 0.426. The molecule has 0 saturated carbocycles. The molecule has 0 radical (unpaired) electrons. The van der Waals surface area contributed by atoms with E-state index in [1.165, 1.54) is 0 Å². The van der Waals surface area contributed by atoms with Crippen molar-refractivity contribution >= 4 is 5.71 Å². The molecule has 0 amide bonds. The lowest BCUT2D eigenvalue weighted by molar-refractivity contribution is 0.0153. The first kappa shape index (κ1) is 17.2. The van der Waals surface area contributed by atoms with E-state index in [-0.39, 0.29) is 12.1 Å². The van der Waals surface area contributed by atoms with Gasteiger partial charge in [0, 0.05) is 17.5 Å². The molecule has 5 nitrogen and oxygen atoms in total. The molecule has 5 heteroatoms. The van der Waals surface area contributed by atoms with Gasteiger partial charge in [0.25, 0.3) is 0 Å². The first-order valence-electron chi connectivity index (χ1n) is 8.42. The summed E-state index contributed by atoms with van der Waals surface area (Å²) in [7, 11) is 0. The molecule has 0 spiro atoms. The summed E-state index contributed by atoms with van der Waals surface area (Å²) in [6.07, 6.45) is 9.79. The number of allylic oxidation sites excluding steroid dienone is 3. The van der Waals surface area contributed by atoms with Gasteiger partial charge in [0.05, 0.1) is 18.8 Å². The van der Waals surface area contributed by atoms with Crippen LogP contribution in [0.1, 0.15) is 38.5 Å². The Kier molecular flexibility index (Phi) is 7.09.